The molecule has 0 aliphatic carbocycles. The lowest BCUT2D eigenvalue weighted by atomic mass is 10.1. The van der Waals surface area contributed by atoms with E-state index in [0.29, 0.717) is 0 Å². The first-order valence-corrected chi connectivity index (χ1v) is 5.00. The van der Waals surface area contributed by atoms with Crippen molar-refractivity contribution in [2.45, 2.75) is 0 Å². The van der Waals surface area contributed by atoms with E-state index in [9.17, 15) is 14.5 Å². The van der Waals surface area contributed by atoms with Gasteiger partial charge in [0, 0.05) is 0 Å². The van der Waals surface area contributed by atoms with Gasteiger partial charge in [-0.1, -0.05) is 11.2 Å². The van der Waals surface area contributed by atoms with Gasteiger partial charge in [-0.15, -0.1) is 0 Å². The van der Waals surface area contributed by atoms with E-state index in [4.69, 9.17) is 10.9 Å². The van der Waals surface area contributed by atoms with Gasteiger partial charge in [-0.3, -0.25) is 10.1 Å². The predicted molar refractivity (Wildman–Crippen MR) is 62.7 cm³/mol. The third kappa shape index (κ3) is 2.20. The summed E-state index contributed by atoms with van der Waals surface area (Å²) in [5.74, 6) is -1.18. The summed E-state index contributed by atoms with van der Waals surface area (Å²) >= 11 is 0. The standard InChI is InChI=1S/C10H8FN5O3/c11-7-2-1-3-8(9(7)10(12)14-17)15-5-6(4-13-15)16(18)19/h1-5,17H,(H2,12,14). The lowest BCUT2D eigenvalue weighted by molar-refractivity contribution is -0.384. The molecule has 0 aliphatic heterocycles. The Balaban J connectivity index is 2.61. The molecule has 0 unspecified atom stereocenters. The Bertz CT molecular complexity index is 667. The van der Waals surface area contributed by atoms with Crippen molar-refractivity contribution in [1.29, 1.82) is 0 Å². The zero-order valence-electron chi connectivity index (χ0n) is 9.39. The Morgan fingerprint density at radius 1 is 1.58 bits per heavy atom. The second kappa shape index (κ2) is 4.72. The minimum atomic E-state index is -0.731. The topological polar surface area (TPSA) is 120 Å². The molecule has 2 rings (SSSR count). The minimum absolute atomic E-state index is 0.128. The number of hydrogen-bond acceptors (Lipinski definition) is 5. The van der Waals surface area contributed by atoms with E-state index in [-0.39, 0.29) is 16.9 Å². The minimum Gasteiger partial charge on any atom is -0.409 e. The average molecular weight is 265 g/mol. The zero-order chi connectivity index (χ0) is 14.0. The number of rotatable bonds is 3. The molecule has 98 valence electrons. The number of oxime groups is 1. The Labute approximate surface area is 105 Å². The maximum absolute atomic E-state index is 13.7. The summed E-state index contributed by atoms with van der Waals surface area (Å²) in [5, 5.41) is 25.7. The highest BCUT2D eigenvalue weighted by atomic mass is 19.1. The van der Waals surface area contributed by atoms with E-state index in [1.54, 1.807) is 0 Å². The van der Waals surface area contributed by atoms with Crippen molar-refractivity contribution in [3.8, 4) is 5.69 Å². The third-order valence-corrected chi connectivity index (χ3v) is 2.38. The smallest absolute Gasteiger partial charge is 0.307 e. The normalized spacial score (nSPS) is 11.5. The summed E-state index contributed by atoms with van der Waals surface area (Å²) < 4.78 is 14.8. The van der Waals surface area contributed by atoms with Crippen molar-refractivity contribution >= 4 is 11.5 Å². The Morgan fingerprint density at radius 2 is 2.32 bits per heavy atom. The number of halogens is 1. The highest BCUT2D eigenvalue weighted by molar-refractivity contribution is 6.00. The summed E-state index contributed by atoms with van der Waals surface area (Å²) in [4.78, 5) is 9.94. The number of nitro groups is 1. The van der Waals surface area contributed by atoms with Crippen LogP contribution in [0, 0.1) is 15.9 Å². The molecule has 0 saturated carbocycles. The lowest BCUT2D eigenvalue weighted by Crippen LogP contribution is -2.18. The molecule has 0 saturated heterocycles. The van der Waals surface area contributed by atoms with Crippen LogP contribution < -0.4 is 5.73 Å². The molecule has 2 aromatic rings. The van der Waals surface area contributed by atoms with Crippen molar-refractivity contribution in [1.82, 2.24) is 9.78 Å². The zero-order valence-corrected chi connectivity index (χ0v) is 9.39. The SMILES string of the molecule is N/C(=N/O)c1c(F)cccc1-n1cc([N+](=O)[O-])cn1. The van der Waals surface area contributed by atoms with Gasteiger partial charge < -0.3 is 10.9 Å². The monoisotopic (exact) mass is 265 g/mol. The van der Waals surface area contributed by atoms with Crippen LogP contribution in [0.25, 0.3) is 5.69 Å². The van der Waals surface area contributed by atoms with E-state index in [1.165, 1.54) is 12.1 Å². The fraction of sp³-hybridized carbons (Fsp3) is 0. The van der Waals surface area contributed by atoms with Gasteiger partial charge in [-0.05, 0) is 12.1 Å². The van der Waals surface area contributed by atoms with Gasteiger partial charge in [0.05, 0.1) is 16.2 Å². The van der Waals surface area contributed by atoms with Crippen LogP contribution in [-0.2, 0) is 0 Å². The Kier molecular flexibility index (Phi) is 3.10. The van der Waals surface area contributed by atoms with E-state index in [2.05, 4.69) is 10.3 Å². The maximum atomic E-state index is 13.7. The van der Waals surface area contributed by atoms with Gasteiger partial charge >= 0.3 is 5.69 Å². The molecule has 0 radical (unpaired) electrons. The van der Waals surface area contributed by atoms with Gasteiger partial charge in [0.15, 0.2) is 5.84 Å². The van der Waals surface area contributed by atoms with Crippen LogP contribution in [0.1, 0.15) is 5.56 Å². The highest BCUT2D eigenvalue weighted by Gasteiger charge is 2.17. The molecule has 19 heavy (non-hydrogen) atoms. The molecule has 0 fully saturated rings. The van der Waals surface area contributed by atoms with Gasteiger partial charge in [0.2, 0.25) is 0 Å². The average Bonchev–Trinajstić information content (AvgIpc) is 2.87. The molecule has 3 N–H and O–H groups in total. The predicted octanol–water partition coefficient (Wildman–Crippen LogP) is 1.01. The molecular weight excluding hydrogens is 257 g/mol. The van der Waals surface area contributed by atoms with Gasteiger partial charge in [0.1, 0.15) is 18.2 Å². The lowest BCUT2D eigenvalue weighted by Gasteiger charge is -2.08. The number of benzene rings is 1. The van der Waals surface area contributed by atoms with E-state index in [0.717, 1.165) is 23.1 Å². The molecule has 0 aliphatic rings. The van der Waals surface area contributed by atoms with Crippen LogP contribution in [0.5, 0.6) is 0 Å². The van der Waals surface area contributed by atoms with Crippen molar-refractivity contribution in [2.24, 2.45) is 10.9 Å². The van der Waals surface area contributed by atoms with Crippen LogP contribution in [-0.4, -0.2) is 25.7 Å². The van der Waals surface area contributed by atoms with Gasteiger partial charge in [-0.2, -0.15) is 5.10 Å². The fourth-order valence-corrected chi connectivity index (χ4v) is 1.55. The second-order valence-corrected chi connectivity index (χ2v) is 3.52. The number of aromatic nitrogens is 2. The number of nitrogens with two attached hydrogens (primary N) is 1. The summed E-state index contributed by atoms with van der Waals surface area (Å²) in [6.07, 6.45) is 2.11. The molecular formula is C10H8FN5O3. The summed E-state index contributed by atoms with van der Waals surface area (Å²) in [7, 11) is 0. The van der Waals surface area contributed by atoms with E-state index < -0.39 is 16.6 Å². The second-order valence-electron chi connectivity index (χ2n) is 3.52. The van der Waals surface area contributed by atoms with Crippen LogP contribution in [0.15, 0.2) is 35.7 Å². The van der Waals surface area contributed by atoms with Crippen LogP contribution >= 0.6 is 0 Å². The van der Waals surface area contributed by atoms with Crippen LogP contribution in [0.4, 0.5) is 10.1 Å². The molecule has 1 aromatic heterocycles. The first kappa shape index (κ1) is 12.5. The molecule has 9 heteroatoms. The van der Waals surface area contributed by atoms with Crippen LogP contribution in [0.2, 0.25) is 0 Å². The summed E-state index contributed by atoms with van der Waals surface area (Å²) in [5.41, 5.74) is 5.07. The first-order chi connectivity index (χ1) is 9.04. The van der Waals surface area contributed by atoms with E-state index in [1.807, 2.05) is 0 Å². The highest BCUT2D eigenvalue weighted by Crippen LogP contribution is 2.19. The Hall–Kier alpha value is -2.97. The summed E-state index contributed by atoms with van der Waals surface area (Å²) in [6.45, 7) is 0. The van der Waals surface area contributed by atoms with Crippen molar-refractivity contribution < 1.29 is 14.5 Å². The Morgan fingerprint density at radius 3 is 2.89 bits per heavy atom. The fourth-order valence-electron chi connectivity index (χ4n) is 1.55. The first-order valence-electron chi connectivity index (χ1n) is 5.00. The maximum Gasteiger partial charge on any atom is 0.307 e. The van der Waals surface area contributed by atoms with Gasteiger partial charge in [0.25, 0.3) is 0 Å². The molecule has 0 atom stereocenters. The van der Waals surface area contributed by atoms with Crippen molar-refractivity contribution in [3.63, 3.8) is 0 Å². The molecule has 8 nitrogen and oxygen atoms in total. The molecule has 0 amide bonds. The van der Waals surface area contributed by atoms with Crippen LogP contribution in [0.3, 0.4) is 0 Å². The number of nitrogens with zero attached hydrogens (tertiary/aromatic N) is 4. The quantitative estimate of drug-likeness (QED) is 0.282. The largest absolute Gasteiger partial charge is 0.409 e. The molecule has 1 aromatic carbocycles. The number of hydrogen-bond donors (Lipinski definition) is 2. The van der Waals surface area contributed by atoms with Gasteiger partial charge in [-0.25, -0.2) is 9.07 Å². The third-order valence-electron chi connectivity index (χ3n) is 2.38. The van der Waals surface area contributed by atoms with Crippen molar-refractivity contribution in [2.75, 3.05) is 0 Å². The molecule has 1 heterocycles. The van der Waals surface area contributed by atoms with E-state index >= 15 is 0 Å². The molecule has 0 spiro atoms. The number of amidine groups is 1. The summed E-state index contributed by atoms with van der Waals surface area (Å²) in [6, 6.07) is 3.94. The molecule has 0 bridgehead atoms. The van der Waals surface area contributed by atoms with Crippen molar-refractivity contribution in [3.05, 3.63) is 52.1 Å².